The van der Waals surface area contributed by atoms with Crippen molar-refractivity contribution >= 4 is 21.6 Å². The van der Waals surface area contributed by atoms with Gasteiger partial charge >= 0.3 is 0 Å². The second-order valence-corrected chi connectivity index (χ2v) is 5.17. The lowest BCUT2D eigenvalue weighted by atomic mass is 10.2. The molecule has 0 amide bonds. The molecule has 1 aliphatic rings. The van der Waals surface area contributed by atoms with Gasteiger partial charge < -0.3 is 9.64 Å². The molecule has 2 atom stereocenters. The maximum atomic E-state index is 13.8. The van der Waals surface area contributed by atoms with E-state index in [-0.39, 0.29) is 18.0 Å². The fraction of sp³-hybridized carbons (Fsp3) is 0.500. The Morgan fingerprint density at radius 1 is 1.31 bits per heavy atom. The van der Waals surface area contributed by atoms with Gasteiger partial charge in [-0.3, -0.25) is 0 Å². The number of hydrogen-bond donors (Lipinski definition) is 0. The maximum Gasteiger partial charge on any atom is 0.147 e. The summed E-state index contributed by atoms with van der Waals surface area (Å²) in [6, 6.07) is 5.17. The fourth-order valence-corrected chi connectivity index (χ4v) is 2.45. The number of morpholine rings is 1. The molecule has 1 aromatic rings. The maximum absolute atomic E-state index is 13.8. The van der Waals surface area contributed by atoms with E-state index >= 15 is 0 Å². The van der Waals surface area contributed by atoms with E-state index in [9.17, 15) is 4.39 Å². The Morgan fingerprint density at radius 2 is 1.94 bits per heavy atom. The summed E-state index contributed by atoms with van der Waals surface area (Å²) in [7, 11) is 0. The summed E-state index contributed by atoms with van der Waals surface area (Å²) >= 11 is 3.26. The molecule has 0 bridgehead atoms. The van der Waals surface area contributed by atoms with Crippen LogP contribution in [0.4, 0.5) is 10.1 Å². The number of halogens is 2. The van der Waals surface area contributed by atoms with Crippen LogP contribution in [0, 0.1) is 5.82 Å². The largest absolute Gasteiger partial charge is 0.372 e. The average Bonchev–Trinajstić information content (AvgIpc) is 2.15. The van der Waals surface area contributed by atoms with Crippen molar-refractivity contribution in [3.8, 4) is 0 Å². The summed E-state index contributed by atoms with van der Waals surface area (Å²) in [4.78, 5) is 2.04. The quantitative estimate of drug-likeness (QED) is 0.787. The summed E-state index contributed by atoms with van der Waals surface area (Å²) in [6.07, 6.45) is 0.290. The summed E-state index contributed by atoms with van der Waals surface area (Å²) < 4.78 is 20.2. The van der Waals surface area contributed by atoms with Gasteiger partial charge in [-0.05, 0) is 32.0 Å². The highest BCUT2D eigenvalue weighted by Gasteiger charge is 2.24. The minimum atomic E-state index is -0.185. The molecule has 1 aromatic carbocycles. The Hall–Kier alpha value is -0.610. The fourth-order valence-electron chi connectivity index (χ4n) is 2.11. The van der Waals surface area contributed by atoms with Crippen molar-refractivity contribution in [2.24, 2.45) is 0 Å². The van der Waals surface area contributed by atoms with Gasteiger partial charge in [0, 0.05) is 17.6 Å². The molecule has 0 aliphatic carbocycles. The summed E-state index contributed by atoms with van der Waals surface area (Å²) in [5.41, 5.74) is 0.658. The second kappa shape index (κ2) is 4.72. The van der Waals surface area contributed by atoms with Crippen molar-refractivity contribution in [2.45, 2.75) is 26.1 Å². The lowest BCUT2D eigenvalue weighted by Crippen LogP contribution is -2.45. The van der Waals surface area contributed by atoms with Crippen LogP contribution < -0.4 is 4.90 Å². The molecule has 88 valence electrons. The smallest absolute Gasteiger partial charge is 0.147 e. The van der Waals surface area contributed by atoms with Gasteiger partial charge in [0.1, 0.15) is 5.82 Å². The molecule has 1 heterocycles. The Balaban J connectivity index is 2.23. The molecule has 2 rings (SSSR count). The standard InChI is InChI=1S/C12H15BrFNO/c1-8-6-15(7-9(2)16-8)12-4-3-10(13)5-11(12)14/h3-5,8-9H,6-7H2,1-2H3/t8-,9+. The van der Waals surface area contributed by atoms with E-state index < -0.39 is 0 Å². The third-order valence-corrected chi connectivity index (χ3v) is 3.16. The molecule has 1 fully saturated rings. The average molecular weight is 288 g/mol. The first kappa shape index (κ1) is 11.9. The zero-order valence-electron chi connectivity index (χ0n) is 9.41. The molecule has 1 aliphatic heterocycles. The van der Waals surface area contributed by atoms with Crippen LogP contribution in [0.2, 0.25) is 0 Å². The summed E-state index contributed by atoms with van der Waals surface area (Å²) in [6.45, 7) is 5.50. The molecular formula is C12H15BrFNO. The normalized spacial score (nSPS) is 25.9. The predicted molar refractivity (Wildman–Crippen MR) is 66.3 cm³/mol. The van der Waals surface area contributed by atoms with Crippen LogP contribution in [-0.2, 0) is 4.74 Å². The molecule has 0 spiro atoms. The van der Waals surface area contributed by atoms with Gasteiger partial charge in [0.05, 0.1) is 17.9 Å². The van der Waals surface area contributed by atoms with Crippen LogP contribution in [-0.4, -0.2) is 25.3 Å². The Bertz CT molecular complexity index is 375. The van der Waals surface area contributed by atoms with Crippen molar-refractivity contribution < 1.29 is 9.13 Å². The molecule has 0 aromatic heterocycles. The van der Waals surface area contributed by atoms with E-state index in [4.69, 9.17) is 4.74 Å². The van der Waals surface area contributed by atoms with Crippen molar-refractivity contribution in [1.29, 1.82) is 0 Å². The Labute approximate surface area is 104 Å². The molecule has 4 heteroatoms. The van der Waals surface area contributed by atoms with Crippen molar-refractivity contribution in [1.82, 2.24) is 0 Å². The Kier molecular flexibility index (Phi) is 3.50. The zero-order valence-corrected chi connectivity index (χ0v) is 11.0. The number of ether oxygens (including phenoxy) is 1. The van der Waals surface area contributed by atoms with Crippen LogP contribution in [0.3, 0.4) is 0 Å². The van der Waals surface area contributed by atoms with Gasteiger partial charge in [0.15, 0.2) is 0 Å². The molecule has 1 saturated heterocycles. The van der Waals surface area contributed by atoms with Crippen molar-refractivity contribution in [2.75, 3.05) is 18.0 Å². The topological polar surface area (TPSA) is 12.5 Å². The molecule has 0 unspecified atom stereocenters. The molecular weight excluding hydrogens is 273 g/mol. The third kappa shape index (κ3) is 2.55. The van der Waals surface area contributed by atoms with E-state index in [0.29, 0.717) is 5.69 Å². The third-order valence-electron chi connectivity index (χ3n) is 2.67. The monoisotopic (exact) mass is 287 g/mol. The number of benzene rings is 1. The highest BCUT2D eigenvalue weighted by atomic mass is 79.9. The number of rotatable bonds is 1. The van der Waals surface area contributed by atoms with Gasteiger partial charge in [-0.2, -0.15) is 0 Å². The van der Waals surface area contributed by atoms with Crippen molar-refractivity contribution in [3.63, 3.8) is 0 Å². The van der Waals surface area contributed by atoms with Gasteiger partial charge in [-0.15, -0.1) is 0 Å². The van der Waals surface area contributed by atoms with Gasteiger partial charge in [-0.25, -0.2) is 4.39 Å². The highest BCUT2D eigenvalue weighted by Crippen LogP contribution is 2.25. The van der Waals surface area contributed by atoms with Gasteiger partial charge in [0.25, 0.3) is 0 Å². The van der Waals surface area contributed by atoms with Gasteiger partial charge in [-0.1, -0.05) is 15.9 Å². The van der Waals surface area contributed by atoms with E-state index in [1.807, 2.05) is 30.9 Å². The first-order valence-corrected chi connectivity index (χ1v) is 6.21. The molecule has 0 radical (unpaired) electrons. The SMILES string of the molecule is C[C@@H]1CN(c2ccc(Br)cc2F)C[C@H](C)O1. The van der Waals surface area contributed by atoms with Crippen LogP contribution in [0.5, 0.6) is 0 Å². The number of nitrogens with zero attached hydrogens (tertiary/aromatic N) is 1. The predicted octanol–water partition coefficient (Wildman–Crippen LogP) is 3.20. The van der Waals surface area contributed by atoms with Gasteiger partial charge in [0.2, 0.25) is 0 Å². The van der Waals surface area contributed by atoms with Crippen LogP contribution in [0.1, 0.15) is 13.8 Å². The minimum absolute atomic E-state index is 0.145. The zero-order chi connectivity index (χ0) is 11.7. The minimum Gasteiger partial charge on any atom is -0.372 e. The van der Waals surface area contributed by atoms with Crippen LogP contribution >= 0.6 is 15.9 Å². The second-order valence-electron chi connectivity index (χ2n) is 4.26. The van der Waals surface area contributed by atoms with E-state index in [1.165, 1.54) is 6.07 Å². The first-order valence-electron chi connectivity index (χ1n) is 5.41. The van der Waals surface area contributed by atoms with E-state index in [1.54, 1.807) is 0 Å². The van der Waals surface area contributed by atoms with E-state index in [0.717, 1.165) is 17.6 Å². The molecule has 16 heavy (non-hydrogen) atoms. The van der Waals surface area contributed by atoms with E-state index in [2.05, 4.69) is 15.9 Å². The number of anilines is 1. The molecule has 0 saturated carbocycles. The molecule has 2 nitrogen and oxygen atoms in total. The lowest BCUT2D eigenvalue weighted by Gasteiger charge is -2.37. The van der Waals surface area contributed by atoms with Crippen LogP contribution in [0.15, 0.2) is 22.7 Å². The highest BCUT2D eigenvalue weighted by molar-refractivity contribution is 9.10. The first-order chi connectivity index (χ1) is 7.56. The van der Waals surface area contributed by atoms with Crippen LogP contribution in [0.25, 0.3) is 0 Å². The molecule has 0 N–H and O–H groups in total. The summed E-state index contributed by atoms with van der Waals surface area (Å²) in [5.74, 6) is -0.185. The van der Waals surface area contributed by atoms with Crippen molar-refractivity contribution in [3.05, 3.63) is 28.5 Å². The summed E-state index contributed by atoms with van der Waals surface area (Å²) in [5, 5.41) is 0. The Morgan fingerprint density at radius 3 is 2.50 bits per heavy atom. The lowest BCUT2D eigenvalue weighted by molar-refractivity contribution is -0.00539. The number of hydrogen-bond acceptors (Lipinski definition) is 2.